The molecule has 1 N–H and O–H groups in total. The van der Waals surface area contributed by atoms with Gasteiger partial charge in [0.15, 0.2) is 11.2 Å². The topological polar surface area (TPSA) is 56.4 Å². The minimum Gasteiger partial charge on any atom is -0.369 e. The molecule has 4 rings (SSSR count). The molecule has 0 radical (unpaired) electrons. The van der Waals surface area contributed by atoms with E-state index in [9.17, 15) is 22.8 Å². The Morgan fingerprint density at radius 1 is 0.969 bits per heavy atom. The molecule has 8 heteroatoms. The number of benzene rings is 2. The number of hydrogen-bond acceptors (Lipinski definition) is 4. The predicted octanol–water partition coefficient (Wildman–Crippen LogP) is 4.33. The number of piperazine rings is 1. The van der Waals surface area contributed by atoms with Crippen LogP contribution in [0.3, 0.4) is 0 Å². The van der Waals surface area contributed by atoms with Crippen molar-refractivity contribution >= 4 is 22.4 Å². The highest BCUT2D eigenvalue weighted by Gasteiger charge is 2.31. The molecule has 0 saturated carbocycles. The monoisotopic (exact) mass is 443 g/mol. The maximum Gasteiger partial charge on any atom is 0.416 e. The number of fused-ring (bicyclic) bond motifs is 1. The molecule has 1 fully saturated rings. The molecule has 0 unspecified atom stereocenters. The molecule has 2 aromatic carbocycles. The van der Waals surface area contributed by atoms with E-state index in [4.69, 9.17) is 0 Å². The summed E-state index contributed by atoms with van der Waals surface area (Å²) in [5.74, 6) is -0.101. The molecule has 1 aliphatic rings. The lowest BCUT2D eigenvalue weighted by atomic mass is 10.1. The third-order valence-corrected chi connectivity index (χ3v) is 5.83. The fourth-order valence-corrected chi connectivity index (χ4v) is 4.05. The Kier molecular flexibility index (Phi) is 6.32. The molecular weight excluding hydrogens is 419 g/mol. The summed E-state index contributed by atoms with van der Waals surface area (Å²) in [5, 5.41) is 0.558. The smallest absolute Gasteiger partial charge is 0.369 e. The number of carbonyl (C=O) groups excluding carboxylic acids is 1. The second-order valence-electron chi connectivity index (χ2n) is 8.00. The summed E-state index contributed by atoms with van der Waals surface area (Å²) in [6.45, 7) is 3.43. The van der Waals surface area contributed by atoms with E-state index in [1.807, 2.05) is 11.0 Å². The number of H-pyrrole nitrogens is 1. The lowest BCUT2D eigenvalue weighted by molar-refractivity contribution is -0.137. The van der Waals surface area contributed by atoms with E-state index in [0.29, 0.717) is 48.2 Å². The standard InChI is InChI=1S/C24H24F3N3O2/c25-24(26,27)17-5-3-6-18(15-17)30-13-11-29(12-14-30)10-4-9-22(31)21-16-23(32)19-7-1-2-8-20(19)28-21/h1-3,5-8,15-16H,4,9-14H2,(H,28,32). The van der Waals surface area contributed by atoms with Gasteiger partial charge in [-0.3, -0.25) is 14.5 Å². The number of rotatable bonds is 6. The van der Waals surface area contributed by atoms with Crippen LogP contribution < -0.4 is 10.3 Å². The van der Waals surface area contributed by atoms with Crippen LogP contribution in [0.1, 0.15) is 28.9 Å². The van der Waals surface area contributed by atoms with Gasteiger partial charge in [-0.25, -0.2) is 0 Å². The number of anilines is 1. The van der Waals surface area contributed by atoms with Crippen molar-refractivity contribution in [3.8, 4) is 0 Å². The number of halogens is 3. The van der Waals surface area contributed by atoms with Crippen LogP contribution in [0.25, 0.3) is 10.9 Å². The van der Waals surface area contributed by atoms with Gasteiger partial charge in [0.05, 0.1) is 11.3 Å². The van der Waals surface area contributed by atoms with E-state index in [0.717, 1.165) is 25.7 Å². The molecular formula is C24H24F3N3O2. The Labute approximate surface area is 183 Å². The Hall–Kier alpha value is -3.13. The Morgan fingerprint density at radius 3 is 2.47 bits per heavy atom. The summed E-state index contributed by atoms with van der Waals surface area (Å²) < 4.78 is 38.8. The number of aromatic amines is 1. The summed E-state index contributed by atoms with van der Waals surface area (Å²) in [5.41, 5.74) is 0.739. The number of nitrogens with one attached hydrogen (secondary N) is 1. The van der Waals surface area contributed by atoms with Gasteiger partial charge in [-0.1, -0.05) is 18.2 Å². The van der Waals surface area contributed by atoms with Crippen LogP contribution in [-0.4, -0.2) is 48.4 Å². The van der Waals surface area contributed by atoms with Gasteiger partial charge in [0.25, 0.3) is 0 Å². The molecule has 2 heterocycles. The van der Waals surface area contributed by atoms with Gasteiger partial charge in [0.1, 0.15) is 0 Å². The van der Waals surface area contributed by atoms with E-state index in [1.54, 1.807) is 24.3 Å². The largest absolute Gasteiger partial charge is 0.416 e. The zero-order valence-electron chi connectivity index (χ0n) is 17.5. The number of aromatic nitrogens is 1. The molecule has 0 bridgehead atoms. The van der Waals surface area contributed by atoms with E-state index < -0.39 is 11.7 Å². The molecule has 1 saturated heterocycles. The predicted molar refractivity (Wildman–Crippen MR) is 118 cm³/mol. The highest BCUT2D eigenvalue weighted by Crippen LogP contribution is 2.31. The average Bonchev–Trinajstić information content (AvgIpc) is 2.79. The zero-order valence-corrected chi connectivity index (χ0v) is 17.5. The summed E-state index contributed by atoms with van der Waals surface area (Å²) >= 11 is 0. The van der Waals surface area contributed by atoms with E-state index in [-0.39, 0.29) is 11.2 Å². The number of nitrogens with zero attached hydrogens (tertiary/aromatic N) is 2. The fourth-order valence-electron chi connectivity index (χ4n) is 4.05. The van der Waals surface area contributed by atoms with E-state index >= 15 is 0 Å². The molecule has 0 amide bonds. The van der Waals surface area contributed by atoms with Gasteiger partial charge >= 0.3 is 6.18 Å². The third kappa shape index (κ3) is 5.02. The van der Waals surface area contributed by atoms with Gasteiger partial charge in [0.2, 0.25) is 0 Å². The number of alkyl halides is 3. The van der Waals surface area contributed by atoms with Crippen LogP contribution in [0.4, 0.5) is 18.9 Å². The molecule has 32 heavy (non-hydrogen) atoms. The van der Waals surface area contributed by atoms with Crippen molar-refractivity contribution in [1.29, 1.82) is 0 Å². The molecule has 1 aromatic heterocycles. The minimum atomic E-state index is -4.35. The first-order valence-corrected chi connectivity index (χ1v) is 10.6. The highest BCUT2D eigenvalue weighted by molar-refractivity contribution is 5.96. The van der Waals surface area contributed by atoms with Gasteiger partial charge in [-0.05, 0) is 43.3 Å². The van der Waals surface area contributed by atoms with Crippen molar-refractivity contribution in [3.05, 3.63) is 76.1 Å². The second kappa shape index (κ2) is 9.16. The maximum atomic E-state index is 12.9. The van der Waals surface area contributed by atoms with Crippen LogP contribution >= 0.6 is 0 Å². The first kappa shape index (κ1) is 22.1. The minimum absolute atomic E-state index is 0.101. The Morgan fingerprint density at radius 2 is 1.72 bits per heavy atom. The molecule has 0 spiro atoms. The van der Waals surface area contributed by atoms with Gasteiger partial charge in [-0.15, -0.1) is 0 Å². The van der Waals surface area contributed by atoms with Gasteiger partial charge in [0, 0.05) is 55.3 Å². The first-order chi connectivity index (χ1) is 15.3. The van der Waals surface area contributed by atoms with Crippen LogP contribution in [0.2, 0.25) is 0 Å². The molecule has 0 atom stereocenters. The number of carbonyl (C=O) groups is 1. The fraction of sp³-hybridized carbons (Fsp3) is 0.333. The summed E-state index contributed by atoms with van der Waals surface area (Å²) in [7, 11) is 0. The molecule has 1 aliphatic heterocycles. The van der Waals surface area contributed by atoms with Crippen molar-refractivity contribution in [2.45, 2.75) is 19.0 Å². The summed E-state index contributed by atoms with van der Waals surface area (Å²) in [6, 6.07) is 13.9. The van der Waals surface area contributed by atoms with Crippen molar-refractivity contribution in [2.24, 2.45) is 0 Å². The van der Waals surface area contributed by atoms with E-state index in [1.165, 1.54) is 18.2 Å². The zero-order chi connectivity index (χ0) is 22.7. The highest BCUT2D eigenvalue weighted by atomic mass is 19.4. The number of pyridine rings is 1. The Balaban J connectivity index is 1.28. The summed E-state index contributed by atoms with van der Waals surface area (Å²) in [4.78, 5) is 32.0. The van der Waals surface area contributed by atoms with Crippen LogP contribution in [-0.2, 0) is 6.18 Å². The second-order valence-corrected chi connectivity index (χ2v) is 8.00. The molecule has 0 aliphatic carbocycles. The number of hydrogen-bond donors (Lipinski definition) is 1. The molecule has 5 nitrogen and oxygen atoms in total. The number of ketones is 1. The van der Waals surface area contributed by atoms with Crippen molar-refractivity contribution < 1.29 is 18.0 Å². The third-order valence-electron chi connectivity index (χ3n) is 5.83. The maximum absolute atomic E-state index is 12.9. The summed E-state index contributed by atoms with van der Waals surface area (Å²) in [6.07, 6.45) is -3.38. The molecule has 3 aromatic rings. The van der Waals surface area contributed by atoms with Crippen LogP contribution in [0.15, 0.2) is 59.4 Å². The molecule has 168 valence electrons. The quantitative estimate of drug-likeness (QED) is 0.576. The van der Waals surface area contributed by atoms with Crippen LogP contribution in [0, 0.1) is 0 Å². The van der Waals surface area contributed by atoms with Gasteiger partial charge < -0.3 is 9.88 Å². The van der Waals surface area contributed by atoms with E-state index in [2.05, 4.69) is 9.88 Å². The van der Waals surface area contributed by atoms with Crippen molar-refractivity contribution in [3.63, 3.8) is 0 Å². The van der Waals surface area contributed by atoms with Gasteiger partial charge in [-0.2, -0.15) is 13.2 Å². The van der Waals surface area contributed by atoms with Crippen molar-refractivity contribution in [2.75, 3.05) is 37.6 Å². The van der Waals surface area contributed by atoms with Crippen molar-refractivity contribution in [1.82, 2.24) is 9.88 Å². The average molecular weight is 443 g/mol. The SMILES string of the molecule is O=C(CCCN1CCN(c2cccc(C(F)(F)F)c2)CC1)c1cc(=O)c2ccccc2[nH]1. The lowest BCUT2D eigenvalue weighted by Crippen LogP contribution is -2.46. The number of Topliss-reactive ketones (excluding diaryl/α,β-unsaturated/α-hetero) is 1. The number of para-hydroxylation sites is 1. The normalized spacial score (nSPS) is 15.3. The lowest BCUT2D eigenvalue weighted by Gasteiger charge is -2.36. The Bertz CT molecular complexity index is 1160. The van der Waals surface area contributed by atoms with Crippen LogP contribution in [0.5, 0.6) is 0 Å². The first-order valence-electron chi connectivity index (χ1n) is 10.6.